The summed E-state index contributed by atoms with van der Waals surface area (Å²) >= 11 is 0. The number of rotatable bonds is 18. The van der Waals surface area contributed by atoms with Crippen LogP contribution in [0.25, 0.3) is 27.7 Å². The van der Waals surface area contributed by atoms with Crippen LogP contribution in [0.4, 0.5) is 26.3 Å². The quantitative estimate of drug-likeness (QED) is 0.0306. The minimum atomic E-state index is -4.85. The fourth-order valence-corrected chi connectivity index (χ4v) is 11.9. The van der Waals surface area contributed by atoms with Crippen LogP contribution in [0.3, 0.4) is 0 Å². The molecule has 4 aromatic rings. The third-order valence-corrected chi connectivity index (χ3v) is 16.2. The highest BCUT2D eigenvalue weighted by Crippen LogP contribution is 2.46. The SMILES string of the molecule is C=C(C(=O)OCCOC1CCC(C2CCC(C(=O)Oc3cc(-c4cn(-c5ccc(C)cc5C)nn4)c(OC(=O)C4CCC(C5CCC(OCCOC(=O)C(=C)C(F)(F)F)CC5)CC4)c4ccccc34)CC2)CC1)C(F)(F)F. The maximum Gasteiger partial charge on any atom is 0.422 e. The van der Waals surface area contributed by atoms with Crippen LogP contribution < -0.4 is 9.47 Å². The zero-order valence-corrected chi connectivity index (χ0v) is 43.6. The number of alkyl halides is 6. The second-order valence-corrected chi connectivity index (χ2v) is 21.2. The molecule has 3 aromatic carbocycles. The lowest BCUT2D eigenvalue weighted by atomic mass is 9.70. The summed E-state index contributed by atoms with van der Waals surface area (Å²) in [5.41, 5.74) is 0.679. The van der Waals surface area contributed by atoms with Crippen LogP contribution in [0.1, 0.15) is 114 Å². The Morgan fingerprint density at radius 3 is 1.51 bits per heavy atom. The molecule has 8 rings (SSSR count). The van der Waals surface area contributed by atoms with Gasteiger partial charge in [-0.2, -0.15) is 26.3 Å². The normalized spacial score (nSPS) is 24.2. The van der Waals surface area contributed by atoms with Crippen molar-refractivity contribution >= 4 is 34.6 Å². The molecule has 0 N–H and O–H groups in total. The molecule has 0 unspecified atom stereocenters. The van der Waals surface area contributed by atoms with Crippen molar-refractivity contribution in [1.29, 1.82) is 0 Å². The maximum absolute atomic E-state index is 14.3. The predicted molar refractivity (Wildman–Crippen MR) is 272 cm³/mol. The van der Waals surface area contributed by atoms with Gasteiger partial charge in [-0.05, 0) is 158 Å². The lowest BCUT2D eigenvalue weighted by molar-refractivity contribution is -0.154. The molecule has 77 heavy (non-hydrogen) atoms. The van der Waals surface area contributed by atoms with Crippen molar-refractivity contribution < 1.29 is 73.9 Å². The van der Waals surface area contributed by atoms with Crippen molar-refractivity contribution in [3.8, 4) is 28.4 Å². The number of fused-ring (bicyclic) bond motifs is 1. The first-order valence-electron chi connectivity index (χ1n) is 26.8. The van der Waals surface area contributed by atoms with E-state index in [4.69, 9.17) is 18.9 Å². The molecule has 0 aliphatic heterocycles. The Hall–Kier alpha value is -6.08. The van der Waals surface area contributed by atoms with Crippen LogP contribution in [0.15, 0.2) is 79.0 Å². The highest BCUT2D eigenvalue weighted by molar-refractivity contribution is 6.01. The molecule has 0 amide bonds. The lowest BCUT2D eigenvalue weighted by Crippen LogP contribution is -2.32. The summed E-state index contributed by atoms with van der Waals surface area (Å²) in [4.78, 5) is 51.7. The van der Waals surface area contributed by atoms with Gasteiger partial charge >= 0.3 is 36.2 Å². The highest BCUT2D eigenvalue weighted by atomic mass is 19.4. The standard InChI is InChI=1S/C58H67F6N3O10/c1-34-9-26-50(35(2)31-34)67-33-49(65-66-67)48-32-51(76-55(70)42-14-10-38(11-15-42)40-18-22-44(23-19-40)72-27-29-74-53(68)36(3)57(59,60)61)46-7-5-6-8-47(46)52(48)77-56(71)43-16-12-39(13-17-43)41-20-24-45(25-21-41)73-28-30-75-54(69)37(4)58(62,63)64/h5-9,26,31-33,38-45H,3-4,10-25,27-30H2,1-2H3. The molecule has 4 fully saturated rings. The van der Waals surface area contributed by atoms with Gasteiger partial charge in [0.05, 0.1) is 54.7 Å². The number of halogens is 6. The van der Waals surface area contributed by atoms with E-state index in [0.29, 0.717) is 82.9 Å². The molecule has 0 spiro atoms. The zero-order chi connectivity index (χ0) is 55.0. The van der Waals surface area contributed by atoms with Crippen molar-refractivity contribution in [2.45, 2.75) is 141 Å². The molecule has 0 saturated heterocycles. The molecule has 1 heterocycles. The fraction of sp³-hybridized carbons (Fsp3) is 0.552. The summed E-state index contributed by atoms with van der Waals surface area (Å²) in [6.07, 6.45) is 4.73. The summed E-state index contributed by atoms with van der Waals surface area (Å²) in [6, 6.07) is 15.1. The zero-order valence-electron chi connectivity index (χ0n) is 43.6. The van der Waals surface area contributed by atoms with Gasteiger partial charge in [0.2, 0.25) is 0 Å². The van der Waals surface area contributed by atoms with Crippen molar-refractivity contribution in [1.82, 2.24) is 15.0 Å². The number of ether oxygens (including phenoxy) is 6. The Balaban J connectivity index is 0.877. The monoisotopic (exact) mass is 1080 g/mol. The van der Waals surface area contributed by atoms with Gasteiger partial charge in [-0.3, -0.25) is 9.59 Å². The van der Waals surface area contributed by atoms with Crippen LogP contribution in [-0.2, 0) is 38.1 Å². The smallest absolute Gasteiger partial charge is 0.422 e. The van der Waals surface area contributed by atoms with Crippen molar-refractivity contribution in [3.05, 3.63) is 90.2 Å². The van der Waals surface area contributed by atoms with Gasteiger partial charge in [0.25, 0.3) is 0 Å². The summed E-state index contributed by atoms with van der Waals surface area (Å²) in [7, 11) is 0. The molecule has 4 aliphatic carbocycles. The van der Waals surface area contributed by atoms with E-state index in [1.807, 2.05) is 50.2 Å². The van der Waals surface area contributed by atoms with E-state index >= 15 is 0 Å². The highest BCUT2D eigenvalue weighted by Gasteiger charge is 2.40. The van der Waals surface area contributed by atoms with E-state index in [9.17, 15) is 45.5 Å². The number of carbonyl (C=O) groups is 4. The Bertz CT molecular complexity index is 2760. The van der Waals surface area contributed by atoms with E-state index < -0.39 is 35.4 Å². The average Bonchev–Trinajstić information content (AvgIpc) is 3.94. The molecule has 4 saturated carbocycles. The number of carbonyl (C=O) groups excluding carboxylic acids is 4. The van der Waals surface area contributed by atoms with E-state index in [1.54, 1.807) is 16.9 Å². The molecule has 0 atom stereocenters. The van der Waals surface area contributed by atoms with Crippen molar-refractivity contribution in [2.24, 2.45) is 35.5 Å². The van der Waals surface area contributed by atoms with Gasteiger partial charge in [0, 0.05) is 10.8 Å². The van der Waals surface area contributed by atoms with E-state index in [0.717, 1.165) is 93.9 Å². The van der Waals surface area contributed by atoms with Crippen LogP contribution in [0.5, 0.6) is 11.5 Å². The van der Waals surface area contributed by atoms with E-state index in [2.05, 4.69) is 39.0 Å². The summed E-state index contributed by atoms with van der Waals surface area (Å²) in [5.74, 6) is -2.03. The van der Waals surface area contributed by atoms with Crippen LogP contribution in [0, 0.1) is 49.4 Å². The third kappa shape index (κ3) is 14.5. The van der Waals surface area contributed by atoms with Crippen molar-refractivity contribution in [3.63, 3.8) is 0 Å². The number of hydrogen-bond acceptors (Lipinski definition) is 12. The largest absolute Gasteiger partial charge is 0.460 e. The fourth-order valence-electron chi connectivity index (χ4n) is 11.9. The van der Waals surface area contributed by atoms with Crippen LogP contribution >= 0.6 is 0 Å². The van der Waals surface area contributed by atoms with Gasteiger partial charge in [-0.1, -0.05) is 60.3 Å². The number of hydrogen-bond donors (Lipinski definition) is 0. The minimum absolute atomic E-state index is 0.00217. The summed E-state index contributed by atoms with van der Waals surface area (Å²) in [6.45, 7) is 8.93. The van der Waals surface area contributed by atoms with Crippen LogP contribution in [0.2, 0.25) is 0 Å². The van der Waals surface area contributed by atoms with E-state index in [1.165, 1.54) is 0 Å². The van der Waals surface area contributed by atoms with Crippen molar-refractivity contribution in [2.75, 3.05) is 26.4 Å². The molecule has 0 radical (unpaired) electrons. The van der Waals surface area contributed by atoms with Gasteiger partial charge in [0.1, 0.15) is 41.6 Å². The Morgan fingerprint density at radius 2 is 1.04 bits per heavy atom. The van der Waals surface area contributed by atoms with Crippen LogP contribution in [-0.4, -0.2) is 89.9 Å². The van der Waals surface area contributed by atoms with Gasteiger partial charge in [-0.15, -0.1) is 5.10 Å². The molecule has 13 nitrogen and oxygen atoms in total. The Morgan fingerprint density at radius 1 is 0.584 bits per heavy atom. The third-order valence-electron chi connectivity index (χ3n) is 16.2. The average molecular weight is 1080 g/mol. The first kappa shape index (κ1) is 57.1. The second-order valence-electron chi connectivity index (χ2n) is 21.2. The predicted octanol–water partition coefficient (Wildman–Crippen LogP) is 12.6. The van der Waals surface area contributed by atoms with Gasteiger partial charge in [0.15, 0.2) is 0 Å². The molecular weight excluding hydrogens is 1010 g/mol. The summed E-state index contributed by atoms with van der Waals surface area (Å²) in [5, 5.41) is 10.2. The molecule has 4 aliphatic rings. The molecular formula is C58H67F6N3O10. The number of nitrogens with zero attached hydrogens (tertiary/aromatic N) is 3. The molecule has 0 bridgehead atoms. The minimum Gasteiger partial charge on any atom is -0.460 e. The number of benzene rings is 3. The number of aromatic nitrogens is 3. The van der Waals surface area contributed by atoms with Gasteiger partial charge in [-0.25, -0.2) is 14.3 Å². The molecule has 19 heteroatoms. The second kappa shape index (κ2) is 25.1. The maximum atomic E-state index is 14.3. The summed E-state index contributed by atoms with van der Waals surface area (Å²) < 4.78 is 112. The topological polar surface area (TPSA) is 154 Å². The molecule has 416 valence electrons. The van der Waals surface area contributed by atoms with E-state index in [-0.39, 0.29) is 62.4 Å². The molecule has 1 aromatic heterocycles. The van der Waals surface area contributed by atoms with Gasteiger partial charge < -0.3 is 28.4 Å². The first-order chi connectivity index (χ1) is 36.7. The number of esters is 4. The Kier molecular flexibility index (Phi) is 18.7. The lowest BCUT2D eigenvalue weighted by Gasteiger charge is -2.37. The first-order valence-corrected chi connectivity index (χ1v) is 26.8. The number of aryl methyl sites for hydroxylation is 2. The Labute approximate surface area is 444 Å².